The summed E-state index contributed by atoms with van der Waals surface area (Å²) in [6.07, 6.45) is 2.34. The highest BCUT2D eigenvalue weighted by Gasteiger charge is 2.28. The van der Waals surface area contributed by atoms with E-state index in [4.69, 9.17) is 10.1 Å². The van der Waals surface area contributed by atoms with E-state index in [9.17, 15) is 14.4 Å². The third-order valence-corrected chi connectivity index (χ3v) is 6.35. The van der Waals surface area contributed by atoms with Crippen molar-refractivity contribution < 1.29 is 19.1 Å². The van der Waals surface area contributed by atoms with Gasteiger partial charge in [-0.05, 0) is 37.0 Å². The van der Waals surface area contributed by atoms with Crippen molar-refractivity contribution in [3.8, 4) is 11.3 Å². The molecule has 0 aliphatic heterocycles. The first-order valence-electron chi connectivity index (χ1n) is 11.4. The summed E-state index contributed by atoms with van der Waals surface area (Å²) in [6.45, 7) is 1.77. The zero-order valence-corrected chi connectivity index (χ0v) is 20.1. The molecular weight excluding hydrogens is 464 g/mol. The molecule has 3 N–H and O–H groups in total. The second-order valence-corrected chi connectivity index (χ2v) is 9.15. The normalized spacial score (nSPS) is 13.5. The number of hydrogen-bond donors (Lipinski definition) is 3. The van der Waals surface area contributed by atoms with E-state index in [1.165, 1.54) is 11.3 Å². The number of carbonyl (C=O) groups excluding carboxylic acids is 3. The summed E-state index contributed by atoms with van der Waals surface area (Å²) in [6, 6.07) is 16.6. The number of benzene rings is 2. The number of esters is 1. The Morgan fingerprint density at radius 3 is 2.49 bits per heavy atom. The minimum Gasteiger partial charge on any atom is -0.456 e. The number of carbonyl (C=O) groups is 3. The van der Waals surface area contributed by atoms with Crippen molar-refractivity contribution in [2.75, 3.05) is 5.32 Å². The molecule has 180 valence electrons. The van der Waals surface area contributed by atoms with Gasteiger partial charge in [0.05, 0.1) is 11.6 Å². The van der Waals surface area contributed by atoms with Crippen LogP contribution in [0, 0.1) is 11.3 Å². The van der Waals surface area contributed by atoms with Crippen molar-refractivity contribution in [1.82, 2.24) is 10.3 Å². The highest BCUT2D eigenvalue weighted by molar-refractivity contribution is 7.14. The van der Waals surface area contributed by atoms with Crippen LogP contribution >= 0.6 is 11.3 Å². The van der Waals surface area contributed by atoms with Crippen LogP contribution in [-0.4, -0.2) is 34.5 Å². The van der Waals surface area contributed by atoms with Gasteiger partial charge in [0.25, 0.3) is 5.91 Å². The van der Waals surface area contributed by atoms with Crippen LogP contribution < -0.4 is 10.6 Å². The molecule has 0 radical (unpaired) electrons. The second kappa shape index (κ2) is 11.1. The fraction of sp³-hybridized carbons (Fsp3) is 0.269. The molecule has 1 aliphatic rings. The number of anilines is 1. The number of thiazole rings is 1. The van der Waals surface area contributed by atoms with Gasteiger partial charge in [0.1, 0.15) is 12.3 Å². The number of rotatable bonds is 10. The summed E-state index contributed by atoms with van der Waals surface area (Å²) in [7, 11) is 0. The summed E-state index contributed by atoms with van der Waals surface area (Å²) in [5.41, 5.74) is 2.47. The molecule has 3 aromatic rings. The lowest BCUT2D eigenvalue weighted by Gasteiger charge is -2.14. The lowest BCUT2D eigenvalue weighted by molar-refractivity contribution is -0.137. The van der Waals surface area contributed by atoms with Crippen LogP contribution in [0.2, 0.25) is 0 Å². The molecule has 1 atom stereocenters. The van der Waals surface area contributed by atoms with Gasteiger partial charge in [0.2, 0.25) is 5.91 Å². The molecule has 4 rings (SSSR count). The Labute approximate surface area is 207 Å². The highest BCUT2D eigenvalue weighted by Crippen LogP contribution is 2.26. The van der Waals surface area contributed by atoms with Crippen molar-refractivity contribution in [3.63, 3.8) is 0 Å². The predicted molar refractivity (Wildman–Crippen MR) is 134 cm³/mol. The van der Waals surface area contributed by atoms with Gasteiger partial charge in [-0.25, -0.2) is 9.78 Å². The number of nitrogens with zero attached hydrogens (tertiary/aromatic N) is 1. The Morgan fingerprint density at radius 2 is 1.83 bits per heavy atom. The van der Waals surface area contributed by atoms with Crippen LogP contribution in [0.4, 0.5) is 5.13 Å². The summed E-state index contributed by atoms with van der Waals surface area (Å²) < 4.78 is 5.20. The average molecular weight is 491 g/mol. The molecule has 1 aromatic heterocycles. The van der Waals surface area contributed by atoms with Crippen LogP contribution in [0.3, 0.4) is 0 Å². The molecule has 8 nitrogen and oxygen atoms in total. The zero-order chi connectivity index (χ0) is 24.8. The van der Waals surface area contributed by atoms with E-state index in [1.54, 1.807) is 24.4 Å². The monoisotopic (exact) mass is 490 g/mol. The van der Waals surface area contributed by atoms with E-state index >= 15 is 0 Å². The fourth-order valence-corrected chi connectivity index (χ4v) is 4.13. The predicted octanol–water partition coefficient (Wildman–Crippen LogP) is 4.43. The van der Waals surface area contributed by atoms with E-state index in [2.05, 4.69) is 15.6 Å². The maximum absolute atomic E-state index is 12.8. The van der Waals surface area contributed by atoms with Gasteiger partial charge in [-0.1, -0.05) is 49.4 Å². The van der Waals surface area contributed by atoms with Gasteiger partial charge in [0, 0.05) is 22.5 Å². The smallest absolute Gasteiger partial charge is 0.353 e. The molecule has 1 aliphatic carbocycles. The van der Waals surface area contributed by atoms with Crippen LogP contribution in [-0.2, 0) is 20.9 Å². The van der Waals surface area contributed by atoms with Gasteiger partial charge in [0.15, 0.2) is 5.13 Å². The number of aromatic nitrogens is 1. The van der Waals surface area contributed by atoms with Gasteiger partial charge in [-0.15, -0.1) is 11.3 Å². The Kier molecular flexibility index (Phi) is 7.67. The first kappa shape index (κ1) is 24.3. The standard InChI is InChI=1S/C26H26N4O4S/c1-2-20(22(27)25(33)34-14-16-6-4-3-5-7-16)24(32)30-26-29-21(15-35-26)17-8-10-18(11-9-17)23(31)28-19-12-13-19/h3-11,15,19-20,27H,2,12-14H2,1H3,(H,28,31)(H,29,30,32). The Balaban J connectivity index is 1.34. The Bertz CT molecular complexity index is 1220. The average Bonchev–Trinajstić information content (AvgIpc) is 3.57. The largest absolute Gasteiger partial charge is 0.456 e. The summed E-state index contributed by atoms with van der Waals surface area (Å²) in [4.78, 5) is 41.7. The minimum atomic E-state index is -0.949. The quantitative estimate of drug-likeness (QED) is 0.287. The van der Waals surface area contributed by atoms with Gasteiger partial charge in [-0.2, -0.15) is 0 Å². The van der Waals surface area contributed by atoms with Crippen molar-refractivity contribution >= 4 is 40.0 Å². The lowest BCUT2D eigenvalue weighted by Crippen LogP contribution is -2.34. The maximum Gasteiger partial charge on any atom is 0.353 e. The molecule has 1 unspecified atom stereocenters. The molecule has 2 aromatic carbocycles. The van der Waals surface area contributed by atoms with E-state index < -0.39 is 23.5 Å². The fourth-order valence-electron chi connectivity index (χ4n) is 3.41. The van der Waals surface area contributed by atoms with Crippen LogP contribution in [0.5, 0.6) is 0 Å². The van der Waals surface area contributed by atoms with Crippen molar-refractivity contribution in [2.24, 2.45) is 5.92 Å². The first-order valence-corrected chi connectivity index (χ1v) is 12.3. The molecule has 9 heteroatoms. The second-order valence-electron chi connectivity index (χ2n) is 8.29. The van der Waals surface area contributed by atoms with Crippen molar-refractivity contribution in [3.05, 3.63) is 71.1 Å². The minimum absolute atomic E-state index is 0.0387. The van der Waals surface area contributed by atoms with Crippen molar-refractivity contribution in [2.45, 2.75) is 38.8 Å². The summed E-state index contributed by atoms with van der Waals surface area (Å²) >= 11 is 1.25. The molecule has 1 heterocycles. The molecule has 35 heavy (non-hydrogen) atoms. The lowest BCUT2D eigenvalue weighted by atomic mass is 9.99. The molecule has 0 saturated heterocycles. The molecule has 0 bridgehead atoms. The summed E-state index contributed by atoms with van der Waals surface area (Å²) in [5.74, 6) is -2.33. The van der Waals surface area contributed by atoms with Crippen LogP contribution in [0.1, 0.15) is 42.1 Å². The number of amides is 2. The van der Waals surface area contributed by atoms with Gasteiger partial charge in [-0.3, -0.25) is 15.0 Å². The van der Waals surface area contributed by atoms with E-state index in [0.29, 0.717) is 22.4 Å². The molecule has 1 saturated carbocycles. The zero-order valence-electron chi connectivity index (χ0n) is 19.2. The van der Waals surface area contributed by atoms with Crippen LogP contribution in [0.15, 0.2) is 60.0 Å². The third-order valence-electron chi connectivity index (χ3n) is 5.60. The number of hydrogen-bond acceptors (Lipinski definition) is 7. The van der Waals surface area contributed by atoms with E-state index in [-0.39, 0.29) is 18.9 Å². The molecule has 2 amide bonds. The van der Waals surface area contributed by atoms with Gasteiger partial charge < -0.3 is 15.4 Å². The molecule has 1 fully saturated rings. The number of ether oxygens (including phenoxy) is 1. The van der Waals surface area contributed by atoms with Crippen molar-refractivity contribution in [1.29, 1.82) is 5.41 Å². The third kappa shape index (κ3) is 6.39. The molecule has 0 spiro atoms. The van der Waals surface area contributed by atoms with Gasteiger partial charge >= 0.3 is 5.97 Å². The topological polar surface area (TPSA) is 121 Å². The van der Waals surface area contributed by atoms with E-state index in [0.717, 1.165) is 24.0 Å². The molecular formula is C26H26N4O4S. The Morgan fingerprint density at radius 1 is 1.11 bits per heavy atom. The highest BCUT2D eigenvalue weighted by atomic mass is 32.1. The maximum atomic E-state index is 12.8. The number of nitrogens with one attached hydrogen (secondary N) is 3. The van der Waals surface area contributed by atoms with E-state index in [1.807, 2.05) is 42.5 Å². The SMILES string of the molecule is CCC(C(=N)C(=O)OCc1ccccc1)C(=O)Nc1nc(-c2ccc(C(=O)NC3CC3)cc2)cs1. The van der Waals surface area contributed by atoms with Crippen LogP contribution in [0.25, 0.3) is 11.3 Å². The first-order chi connectivity index (χ1) is 16.9. The Hall–Kier alpha value is -3.85. The summed E-state index contributed by atoms with van der Waals surface area (Å²) in [5, 5.41) is 16.0.